The van der Waals surface area contributed by atoms with Gasteiger partial charge >= 0.3 is 0 Å². The zero-order chi connectivity index (χ0) is 17.1. The lowest BCUT2D eigenvalue weighted by atomic mass is 10.0. The molecule has 122 valence electrons. The smallest absolute Gasteiger partial charge is 0.123 e. The average molecular weight is 337 g/mol. The van der Waals surface area contributed by atoms with E-state index in [9.17, 15) is 4.39 Å². The molecule has 1 nitrogen and oxygen atoms in total. The summed E-state index contributed by atoms with van der Waals surface area (Å²) in [5.41, 5.74) is 3.16. The van der Waals surface area contributed by atoms with E-state index in [2.05, 4.69) is 30.6 Å². The second kappa shape index (κ2) is 7.02. The molecule has 0 aliphatic rings. The number of benzene rings is 2. The summed E-state index contributed by atoms with van der Waals surface area (Å²) in [4.78, 5) is 1.02. The lowest BCUT2D eigenvalue weighted by Crippen LogP contribution is -2.30. The number of fused-ring (bicyclic) bond motifs is 1. The number of thiophene rings is 1. The Labute approximate surface area is 146 Å². The molecule has 0 radical (unpaired) electrons. The van der Waals surface area contributed by atoms with E-state index in [1.54, 1.807) is 17.4 Å². The first-order chi connectivity index (χ1) is 11.5. The summed E-state index contributed by atoms with van der Waals surface area (Å²) in [5.74, 6) is -0.214. The molecule has 0 amide bonds. The third-order valence-corrected chi connectivity index (χ3v) is 5.18. The molecule has 1 N–H and O–H groups in total. The van der Waals surface area contributed by atoms with Crippen LogP contribution in [-0.4, -0.2) is 6.04 Å². The highest BCUT2D eigenvalue weighted by atomic mass is 32.1. The molecule has 3 rings (SSSR count). The molecule has 1 atom stereocenters. The maximum atomic E-state index is 13.4. The van der Waals surface area contributed by atoms with Crippen LogP contribution in [0.15, 0.2) is 73.3 Å². The molecule has 0 bridgehead atoms. The van der Waals surface area contributed by atoms with Crippen LogP contribution < -0.4 is 5.32 Å². The van der Waals surface area contributed by atoms with Crippen molar-refractivity contribution in [3.05, 3.63) is 89.6 Å². The first-order valence-electron chi connectivity index (χ1n) is 7.87. The fourth-order valence-corrected chi connectivity index (χ4v) is 3.62. The highest BCUT2D eigenvalue weighted by Crippen LogP contribution is 2.30. The topological polar surface area (TPSA) is 12.0 Å². The van der Waals surface area contributed by atoms with Crippen LogP contribution in [0.5, 0.6) is 0 Å². The van der Waals surface area contributed by atoms with Crippen molar-refractivity contribution in [2.75, 3.05) is 0 Å². The van der Waals surface area contributed by atoms with Gasteiger partial charge < -0.3 is 5.32 Å². The standard InChI is InChI=1S/C21H20FNS/c1-14(2)19(11-16-7-5-4-6-8-16)23-15(3)21-13-17-12-18(22)9-10-20(17)24-21/h4-10,12-13,19,23H,1,3,11H2,2H3. The van der Waals surface area contributed by atoms with Gasteiger partial charge in [-0.1, -0.05) is 49.1 Å². The van der Waals surface area contributed by atoms with Crippen molar-refractivity contribution in [3.8, 4) is 0 Å². The summed E-state index contributed by atoms with van der Waals surface area (Å²) >= 11 is 1.62. The quantitative estimate of drug-likeness (QED) is 0.562. The van der Waals surface area contributed by atoms with E-state index in [1.165, 1.54) is 11.6 Å². The fraction of sp³-hybridized carbons (Fsp3) is 0.143. The summed E-state index contributed by atoms with van der Waals surface area (Å²) in [6.45, 7) is 10.3. The molecule has 3 aromatic rings. The van der Waals surface area contributed by atoms with Crippen LogP contribution in [0, 0.1) is 5.82 Å². The molecule has 1 aromatic heterocycles. The maximum absolute atomic E-state index is 13.4. The van der Waals surface area contributed by atoms with Gasteiger partial charge in [-0.25, -0.2) is 4.39 Å². The Morgan fingerprint density at radius 2 is 1.88 bits per heavy atom. The first-order valence-corrected chi connectivity index (χ1v) is 8.69. The SMILES string of the molecule is C=C(NC(Cc1ccccc1)C(=C)C)c1cc2cc(F)ccc2s1. The molecule has 2 aromatic carbocycles. The molecule has 3 heteroatoms. The van der Waals surface area contributed by atoms with Gasteiger partial charge in [0.05, 0.1) is 10.9 Å². The minimum absolute atomic E-state index is 0.113. The van der Waals surface area contributed by atoms with Crippen molar-refractivity contribution in [1.82, 2.24) is 5.32 Å². The van der Waals surface area contributed by atoms with E-state index in [1.807, 2.05) is 37.3 Å². The van der Waals surface area contributed by atoms with Crippen molar-refractivity contribution in [1.29, 1.82) is 0 Å². The molecule has 0 saturated carbocycles. The molecule has 0 spiro atoms. The average Bonchev–Trinajstić information content (AvgIpc) is 2.98. The van der Waals surface area contributed by atoms with E-state index < -0.39 is 0 Å². The monoisotopic (exact) mass is 337 g/mol. The maximum Gasteiger partial charge on any atom is 0.123 e. The van der Waals surface area contributed by atoms with Gasteiger partial charge in [0.25, 0.3) is 0 Å². The number of halogens is 1. The Kier molecular flexibility index (Phi) is 4.81. The molecule has 0 aliphatic heterocycles. The summed E-state index contributed by atoms with van der Waals surface area (Å²) in [6, 6.07) is 17.3. The van der Waals surface area contributed by atoms with Crippen LogP contribution >= 0.6 is 11.3 Å². The molecule has 0 aliphatic carbocycles. The normalized spacial score (nSPS) is 12.1. The lowest BCUT2D eigenvalue weighted by molar-refractivity contribution is 0.630. The van der Waals surface area contributed by atoms with Crippen LogP contribution in [0.25, 0.3) is 15.8 Å². The van der Waals surface area contributed by atoms with Gasteiger partial charge in [-0.2, -0.15) is 0 Å². The Morgan fingerprint density at radius 3 is 2.58 bits per heavy atom. The van der Waals surface area contributed by atoms with Crippen molar-refractivity contribution in [2.45, 2.75) is 19.4 Å². The summed E-state index contributed by atoms with van der Waals surface area (Å²) in [7, 11) is 0. The van der Waals surface area contributed by atoms with Crippen LogP contribution in [0.1, 0.15) is 17.4 Å². The largest absolute Gasteiger partial charge is 0.378 e. The van der Waals surface area contributed by atoms with Crippen LogP contribution in [0.3, 0.4) is 0 Å². The number of hydrogen-bond acceptors (Lipinski definition) is 2. The first kappa shape index (κ1) is 16.5. The van der Waals surface area contributed by atoms with E-state index in [0.29, 0.717) is 0 Å². The molecule has 0 saturated heterocycles. The molecule has 24 heavy (non-hydrogen) atoms. The molecular formula is C21H20FNS. The number of rotatable bonds is 6. The van der Waals surface area contributed by atoms with Crippen molar-refractivity contribution >= 4 is 27.1 Å². The number of nitrogens with one attached hydrogen (secondary N) is 1. The molecule has 1 unspecified atom stereocenters. The van der Waals surface area contributed by atoms with Crippen LogP contribution in [-0.2, 0) is 6.42 Å². The third kappa shape index (κ3) is 3.74. The summed E-state index contributed by atoms with van der Waals surface area (Å²) in [6.07, 6.45) is 0.856. The zero-order valence-corrected chi connectivity index (χ0v) is 14.5. The fourth-order valence-electron chi connectivity index (χ4n) is 2.64. The summed E-state index contributed by atoms with van der Waals surface area (Å²) < 4.78 is 14.4. The lowest BCUT2D eigenvalue weighted by Gasteiger charge is -2.21. The summed E-state index contributed by atoms with van der Waals surface area (Å²) in [5, 5.41) is 4.39. The Hall–Kier alpha value is -2.39. The van der Waals surface area contributed by atoms with Crippen molar-refractivity contribution < 1.29 is 4.39 Å². The second-order valence-electron chi connectivity index (χ2n) is 6.00. The van der Waals surface area contributed by atoms with Gasteiger partial charge in [0.2, 0.25) is 0 Å². The van der Waals surface area contributed by atoms with Crippen molar-refractivity contribution in [2.24, 2.45) is 0 Å². The minimum Gasteiger partial charge on any atom is -0.378 e. The zero-order valence-electron chi connectivity index (χ0n) is 13.7. The molecule has 1 heterocycles. The van der Waals surface area contributed by atoms with E-state index in [-0.39, 0.29) is 11.9 Å². The van der Waals surface area contributed by atoms with Crippen LogP contribution in [0.4, 0.5) is 4.39 Å². The van der Waals surface area contributed by atoms with Gasteiger partial charge in [-0.05, 0) is 48.6 Å². The van der Waals surface area contributed by atoms with Gasteiger partial charge in [0, 0.05) is 10.4 Å². The number of hydrogen-bond donors (Lipinski definition) is 1. The Bertz CT molecular complexity index is 879. The predicted octanol–water partition coefficient (Wildman–Crippen LogP) is 5.79. The second-order valence-corrected chi connectivity index (χ2v) is 7.09. The highest BCUT2D eigenvalue weighted by Gasteiger charge is 2.13. The van der Waals surface area contributed by atoms with Crippen molar-refractivity contribution in [3.63, 3.8) is 0 Å². The predicted molar refractivity (Wildman–Crippen MR) is 103 cm³/mol. The Morgan fingerprint density at radius 1 is 1.12 bits per heavy atom. The molecule has 0 fully saturated rings. The van der Waals surface area contributed by atoms with Crippen LogP contribution in [0.2, 0.25) is 0 Å². The third-order valence-electron chi connectivity index (χ3n) is 4.00. The van der Waals surface area contributed by atoms with Gasteiger partial charge in [0.1, 0.15) is 5.82 Å². The Balaban J connectivity index is 1.78. The van der Waals surface area contributed by atoms with E-state index >= 15 is 0 Å². The van der Waals surface area contributed by atoms with Gasteiger partial charge in [-0.3, -0.25) is 0 Å². The van der Waals surface area contributed by atoms with Gasteiger partial charge in [0.15, 0.2) is 0 Å². The van der Waals surface area contributed by atoms with E-state index in [0.717, 1.165) is 32.7 Å². The molecular weight excluding hydrogens is 317 g/mol. The highest BCUT2D eigenvalue weighted by molar-refractivity contribution is 7.20. The minimum atomic E-state index is -0.214. The van der Waals surface area contributed by atoms with E-state index in [4.69, 9.17) is 0 Å². The van der Waals surface area contributed by atoms with Gasteiger partial charge in [-0.15, -0.1) is 11.3 Å².